The molecule has 8 heteroatoms. The minimum absolute atomic E-state index is 0.0680. The van der Waals surface area contributed by atoms with Crippen molar-refractivity contribution in [2.75, 3.05) is 33.4 Å². The highest BCUT2D eigenvalue weighted by atomic mass is 16.6. The Bertz CT molecular complexity index is 1080. The maximum Gasteiger partial charge on any atom is 0.410 e. The molecule has 1 aliphatic heterocycles. The number of nitrogens with zero attached hydrogens (tertiary/aromatic N) is 2. The lowest BCUT2D eigenvalue weighted by molar-refractivity contribution is -0.143. The quantitative estimate of drug-likeness (QED) is 0.535. The highest BCUT2D eigenvalue weighted by Crippen LogP contribution is 2.44. The number of carboxylic acid groups (broad SMARTS) is 1. The normalized spacial score (nSPS) is 16.0. The summed E-state index contributed by atoms with van der Waals surface area (Å²) in [6, 6.07) is 15.1. The Morgan fingerprint density at radius 2 is 1.64 bits per heavy atom. The van der Waals surface area contributed by atoms with Crippen LogP contribution >= 0.6 is 0 Å². The van der Waals surface area contributed by atoms with Gasteiger partial charge < -0.3 is 19.5 Å². The van der Waals surface area contributed by atoms with Crippen molar-refractivity contribution in [2.45, 2.75) is 31.2 Å². The van der Waals surface area contributed by atoms with E-state index in [0.717, 1.165) is 22.3 Å². The van der Waals surface area contributed by atoms with Gasteiger partial charge in [0, 0.05) is 26.1 Å². The number of ether oxygens (including phenoxy) is 2. The SMILES string of the molecule is C=CCOC(=O)N1CCC(CC(C(=O)O)N(C)C(=O)OCC2c3ccccc3-c3ccccc32)CC1. The first-order valence-corrected chi connectivity index (χ1v) is 12.2. The average Bonchev–Trinajstić information content (AvgIpc) is 3.22. The number of piperidine rings is 1. The molecule has 1 heterocycles. The van der Waals surface area contributed by atoms with Gasteiger partial charge in [-0.05, 0) is 47.4 Å². The minimum atomic E-state index is -1.07. The van der Waals surface area contributed by atoms with Gasteiger partial charge in [-0.15, -0.1) is 0 Å². The largest absolute Gasteiger partial charge is 0.480 e. The van der Waals surface area contributed by atoms with Gasteiger partial charge in [0.1, 0.15) is 19.3 Å². The molecule has 1 saturated heterocycles. The first-order chi connectivity index (χ1) is 17.4. The Balaban J connectivity index is 1.34. The Labute approximate surface area is 211 Å². The maximum absolute atomic E-state index is 12.9. The van der Waals surface area contributed by atoms with Crippen molar-refractivity contribution in [3.05, 3.63) is 72.3 Å². The molecule has 0 aromatic heterocycles. The number of carboxylic acids is 1. The molecule has 8 nitrogen and oxygen atoms in total. The van der Waals surface area contributed by atoms with Crippen LogP contribution in [0.4, 0.5) is 9.59 Å². The topological polar surface area (TPSA) is 96.4 Å². The van der Waals surface area contributed by atoms with Crippen LogP contribution < -0.4 is 0 Å². The number of fused-ring (bicyclic) bond motifs is 3. The molecular weight excluding hydrogens is 460 g/mol. The fourth-order valence-corrected chi connectivity index (χ4v) is 5.14. The molecule has 1 N–H and O–H groups in total. The van der Waals surface area contributed by atoms with Gasteiger partial charge in [0.15, 0.2) is 0 Å². The van der Waals surface area contributed by atoms with Crippen LogP contribution in [0.15, 0.2) is 61.2 Å². The van der Waals surface area contributed by atoms with Crippen molar-refractivity contribution in [3.63, 3.8) is 0 Å². The lowest BCUT2D eigenvalue weighted by atomic mass is 9.90. The minimum Gasteiger partial charge on any atom is -0.480 e. The zero-order valence-electron chi connectivity index (χ0n) is 20.5. The Hall–Kier alpha value is -3.81. The van der Waals surface area contributed by atoms with Crippen molar-refractivity contribution in [1.82, 2.24) is 9.80 Å². The number of likely N-dealkylation sites (tertiary alicyclic amines) is 1. The Kier molecular flexibility index (Phi) is 7.93. The van der Waals surface area contributed by atoms with Gasteiger partial charge in [-0.3, -0.25) is 4.90 Å². The molecule has 0 bridgehead atoms. The number of hydrogen-bond donors (Lipinski definition) is 1. The molecule has 2 aromatic rings. The van der Waals surface area contributed by atoms with Crippen LogP contribution in [0.2, 0.25) is 0 Å². The summed E-state index contributed by atoms with van der Waals surface area (Å²) in [6.07, 6.45) is 2.05. The van der Waals surface area contributed by atoms with E-state index in [1.807, 2.05) is 36.4 Å². The first-order valence-electron chi connectivity index (χ1n) is 12.2. The number of amides is 2. The fourth-order valence-electron chi connectivity index (χ4n) is 5.14. The summed E-state index contributed by atoms with van der Waals surface area (Å²) in [5.74, 6) is -1.10. The van der Waals surface area contributed by atoms with Crippen LogP contribution in [0.5, 0.6) is 0 Å². The predicted octanol–water partition coefficient (Wildman–Crippen LogP) is 4.75. The van der Waals surface area contributed by atoms with E-state index in [2.05, 4.69) is 18.7 Å². The Morgan fingerprint density at radius 3 is 2.19 bits per heavy atom. The molecule has 2 aliphatic rings. The van der Waals surface area contributed by atoms with Crippen LogP contribution in [0.3, 0.4) is 0 Å². The zero-order chi connectivity index (χ0) is 25.7. The van der Waals surface area contributed by atoms with Crippen LogP contribution in [0.1, 0.15) is 36.3 Å². The molecule has 1 unspecified atom stereocenters. The molecule has 0 radical (unpaired) electrons. The fraction of sp³-hybridized carbons (Fsp3) is 0.393. The van der Waals surface area contributed by atoms with Gasteiger partial charge in [-0.25, -0.2) is 14.4 Å². The van der Waals surface area contributed by atoms with E-state index in [9.17, 15) is 19.5 Å². The van der Waals surface area contributed by atoms with Crippen LogP contribution in [0.25, 0.3) is 11.1 Å². The first kappa shape index (κ1) is 25.3. The molecule has 36 heavy (non-hydrogen) atoms. The third kappa shape index (κ3) is 5.37. The summed E-state index contributed by atoms with van der Waals surface area (Å²) in [5.41, 5.74) is 4.46. The van der Waals surface area contributed by atoms with Crippen LogP contribution in [-0.4, -0.2) is 72.5 Å². The number of carbonyl (C=O) groups excluding carboxylic acids is 2. The molecule has 0 saturated carbocycles. The molecule has 1 fully saturated rings. The van der Waals surface area contributed by atoms with Gasteiger partial charge in [-0.1, -0.05) is 61.2 Å². The van der Waals surface area contributed by atoms with Crippen molar-refractivity contribution < 1.29 is 29.0 Å². The second kappa shape index (κ2) is 11.3. The molecule has 2 amide bonds. The zero-order valence-corrected chi connectivity index (χ0v) is 20.5. The lowest BCUT2D eigenvalue weighted by Gasteiger charge is -2.34. The third-order valence-corrected chi connectivity index (χ3v) is 7.13. The number of rotatable bonds is 8. The van der Waals surface area contributed by atoms with Gasteiger partial charge in [-0.2, -0.15) is 0 Å². The molecule has 2 aromatic carbocycles. The third-order valence-electron chi connectivity index (χ3n) is 7.13. The van der Waals surface area contributed by atoms with Crippen molar-refractivity contribution in [1.29, 1.82) is 0 Å². The second-order valence-electron chi connectivity index (χ2n) is 9.30. The molecule has 0 spiro atoms. The molecule has 190 valence electrons. The summed E-state index contributed by atoms with van der Waals surface area (Å²) in [7, 11) is 1.47. The summed E-state index contributed by atoms with van der Waals surface area (Å²) in [5, 5.41) is 9.86. The van der Waals surface area contributed by atoms with Crippen molar-refractivity contribution in [2.24, 2.45) is 5.92 Å². The second-order valence-corrected chi connectivity index (χ2v) is 9.30. The van der Waals surface area contributed by atoms with Crippen molar-refractivity contribution in [3.8, 4) is 11.1 Å². The molecule has 4 rings (SSSR count). The number of hydrogen-bond acceptors (Lipinski definition) is 5. The standard InChI is InChI=1S/C28H32N2O6/c1-3-16-35-28(34)30-14-12-19(13-15-30)17-25(26(31)32)29(2)27(33)36-18-24-22-10-6-4-8-20(22)21-9-5-7-11-23(21)24/h3-11,19,24-25H,1,12-18H2,2H3,(H,31,32). The van der Waals surface area contributed by atoms with Crippen molar-refractivity contribution >= 4 is 18.2 Å². The lowest BCUT2D eigenvalue weighted by Crippen LogP contribution is -2.46. The summed E-state index contributed by atoms with van der Waals surface area (Å²) < 4.78 is 10.7. The van der Waals surface area contributed by atoms with E-state index in [-0.39, 0.29) is 31.1 Å². The van der Waals surface area contributed by atoms with E-state index in [0.29, 0.717) is 32.4 Å². The number of carbonyl (C=O) groups is 3. The highest BCUT2D eigenvalue weighted by Gasteiger charge is 2.34. The summed E-state index contributed by atoms with van der Waals surface area (Å²) in [4.78, 5) is 39.8. The predicted molar refractivity (Wildman–Crippen MR) is 135 cm³/mol. The van der Waals surface area contributed by atoms with Gasteiger partial charge in [0.05, 0.1) is 0 Å². The molecule has 1 aliphatic carbocycles. The van der Waals surface area contributed by atoms with Crippen LogP contribution in [-0.2, 0) is 14.3 Å². The summed E-state index contributed by atoms with van der Waals surface area (Å²) in [6.45, 7) is 4.80. The molecule has 1 atom stereocenters. The average molecular weight is 493 g/mol. The van der Waals surface area contributed by atoms with E-state index < -0.39 is 18.1 Å². The molecular formula is C28H32N2O6. The number of aliphatic carboxylic acids is 1. The van der Waals surface area contributed by atoms with Gasteiger partial charge in [0.25, 0.3) is 0 Å². The summed E-state index contributed by atoms with van der Waals surface area (Å²) >= 11 is 0. The smallest absolute Gasteiger partial charge is 0.410 e. The Morgan fingerprint density at radius 1 is 1.06 bits per heavy atom. The highest BCUT2D eigenvalue weighted by molar-refractivity contribution is 5.81. The monoisotopic (exact) mass is 492 g/mol. The number of benzene rings is 2. The van der Waals surface area contributed by atoms with Gasteiger partial charge >= 0.3 is 18.2 Å². The maximum atomic E-state index is 12.9. The van der Waals surface area contributed by atoms with E-state index in [4.69, 9.17) is 9.47 Å². The van der Waals surface area contributed by atoms with E-state index >= 15 is 0 Å². The number of likely N-dealkylation sites (N-methyl/N-ethyl adjacent to an activating group) is 1. The van der Waals surface area contributed by atoms with E-state index in [1.165, 1.54) is 18.0 Å². The van der Waals surface area contributed by atoms with Crippen LogP contribution in [0, 0.1) is 5.92 Å². The van der Waals surface area contributed by atoms with Gasteiger partial charge in [0.2, 0.25) is 0 Å². The van der Waals surface area contributed by atoms with E-state index in [1.54, 1.807) is 4.90 Å².